The topological polar surface area (TPSA) is 15.3 Å². The summed E-state index contributed by atoms with van der Waals surface area (Å²) in [7, 11) is 3.84. The average Bonchev–Trinajstić information content (AvgIpc) is 2.03. The maximum Gasteiger partial charge on any atom is 0.133 e. The minimum absolute atomic E-state index is 0.655. The summed E-state index contributed by atoms with van der Waals surface area (Å²) in [6.45, 7) is 6.10. The molecule has 0 fully saturated rings. The highest BCUT2D eigenvalue weighted by molar-refractivity contribution is 8.10. The van der Waals surface area contributed by atoms with Crippen LogP contribution in [0.15, 0.2) is 0 Å². The van der Waals surface area contributed by atoms with Crippen molar-refractivity contribution in [2.24, 2.45) is 0 Å². The van der Waals surface area contributed by atoms with E-state index in [0.29, 0.717) is 4.32 Å². The van der Waals surface area contributed by atoms with Crippen LogP contribution in [0.1, 0.15) is 13.8 Å². The van der Waals surface area contributed by atoms with Crippen LogP contribution in [0.25, 0.3) is 0 Å². The van der Waals surface area contributed by atoms with E-state index < -0.39 is 0 Å². The minimum atomic E-state index is 0.655. The first-order valence-corrected chi connectivity index (χ1v) is 4.54. The highest BCUT2D eigenvalue weighted by atomic mass is 32.1. The Labute approximate surface area is 80.8 Å². The number of thiol groups is 1. The number of nitrogens with zero attached hydrogens (tertiary/aromatic N) is 1. The van der Waals surface area contributed by atoms with Crippen LogP contribution >= 0.6 is 24.8 Å². The summed E-state index contributed by atoms with van der Waals surface area (Å²) >= 11 is 8.64. The van der Waals surface area contributed by atoms with Crippen LogP contribution in [0.3, 0.4) is 0 Å². The molecule has 0 aromatic carbocycles. The van der Waals surface area contributed by atoms with Crippen molar-refractivity contribution in [3.63, 3.8) is 0 Å². The molecule has 0 rings (SSSR count). The smallest absolute Gasteiger partial charge is 0.133 e. The second kappa shape index (κ2) is 10.2. The molecule has 68 valence electrons. The Balaban J connectivity index is 0. The lowest BCUT2D eigenvalue weighted by molar-refractivity contribution is 0.555. The van der Waals surface area contributed by atoms with Crippen molar-refractivity contribution < 1.29 is 0 Å². The molecule has 0 unspecified atom stereocenters. The van der Waals surface area contributed by atoms with Crippen molar-refractivity contribution in [3.8, 4) is 0 Å². The van der Waals surface area contributed by atoms with Gasteiger partial charge in [-0.05, 0) is 20.5 Å². The van der Waals surface area contributed by atoms with Crippen LogP contribution < -0.4 is 5.32 Å². The summed E-state index contributed by atoms with van der Waals surface area (Å²) < 4.78 is 0.655. The Morgan fingerprint density at radius 2 is 1.91 bits per heavy atom. The van der Waals surface area contributed by atoms with E-state index in [9.17, 15) is 0 Å². The zero-order chi connectivity index (χ0) is 9.28. The summed E-state index contributed by atoms with van der Waals surface area (Å²) in [4.78, 5) is 1.89. The number of hydrogen-bond acceptors (Lipinski definition) is 2. The van der Waals surface area contributed by atoms with E-state index in [0.717, 1.165) is 13.1 Å². The largest absolute Gasteiger partial charge is 0.361 e. The van der Waals surface area contributed by atoms with E-state index in [1.807, 2.05) is 25.9 Å². The maximum atomic E-state index is 4.71. The fourth-order valence-electron chi connectivity index (χ4n) is 0.135. The Bertz CT molecular complexity index is 94.4. The molecule has 0 heterocycles. The molecule has 0 saturated carbocycles. The van der Waals surface area contributed by atoms with Gasteiger partial charge in [0.1, 0.15) is 4.32 Å². The van der Waals surface area contributed by atoms with E-state index >= 15 is 0 Å². The highest BCUT2D eigenvalue weighted by Gasteiger charge is 1.90. The molecule has 0 aliphatic heterocycles. The molecular formula is C7H18N2S2. The predicted octanol–water partition coefficient (Wildman–Crippen LogP) is 1.38. The van der Waals surface area contributed by atoms with Crippen molar-refractivity contribution in [1.29, 1.82) is 0 Å². The Hall–Kier alpha value is 0.200. The third-order valence-corrected chi connectivity index (χ3v) is 1.81. The van der Waals surface area contributed by atoms with Crippen molar-refractivity contribution in [1.82, 2.24) is 10.2 Å². The Morgan fingerprint density at radius 1 is 1.55 bits per heavy atom. The van der Waals surface area contributed by atoms with Crippen LogP contribution in [0.2, 0.25) is 0 Å². The van der Waals surface area contributed by atoms with E-state index in [1.165, 1.54) is 0 Å². The maximum absolute atomic E-state index is 4.71. The lowest BCUT2D eigenvalue weighted by Crippen LogP contribution is -2.19. The van der Waals surface area contributed by atoms with Crippen molar-refractivity contribution in [2.45, 2.75) is 13.8 Å². The normalized spacial score (nSPS) is 8.09. The number of nitrogens with one attached hydrogen (secondary N) is 1. The second-order valence-corrected chi connectivity index (χ2v) is 3.12. The lowest BCUT2D eigenvalue weighted by Gasteiger charge is -2.11. The number of hydrogen-bond donors (Lipinski definition) is 2. The first-order chi connectivity index (χ1) is 5.09. The molecule has 2 nitrogen and oxygen atoms in total. The molecule has 0 aliphatic rings. The summed E-state index contributed by atoms with van der Waals surface area (Å²) in [5, 5.41) is 2.93. The van der Waals surface area contributed by atoms with Crippen LogP contribution in [-0.4, -0.2) is 36.4 Å². The first-order valence-electron chi connectivity index (χ1n) is 3.68. The molecule has 4 heteroatoms. The number of rotatable bonds is 2. The monoisotopic (exact) mass is 194 g/mol. The summed E-state index contributed by atoms with van der Waals surface area (Å²) in [5.41, 5.74) is 0. The van der Waals surface area contributed by atoms with Gasteiger partial charge in [-0.2, -0.15) is 0 Å². The van der Waals surface area contributed by atoms with Gasteiger partial charge in [0.2, 0.25) is 0 Å². The second-order valence-electron chi connectivity index (χ2n) is 2.00. The highest BCUT2D eigenvalue weighted by Crippen LogP contribution is 1.89. The summed E-state index contributed by atoms with van der Waals surface area (Å²) in [6, 6.07) is 0. The van der Waals surface area contributed by atoms with Gasteiger partial charge in [-0.1, -0.05) is 19.1 Å². The molecule has 0 amide bonds. The molecule has 0 aromatic rings. The van der Waals surface area contributed by atoms with Crippen LogP contribution in [0.4, 0.5) is 0 Å². The molecule has 1 N–H and O–H groups in total. The van der Waals surface area contributed by atoms with Crippen LogP contribution in [0, 0.1) is 0 Å². The van der Waals surface area contributed by atoms with Gasteiger partial charge in [-0.25, -0.2) is 0 Å². The van der Waals surface area contributed by atoms with Crippen LogP contribution in [-0.2, 0) is 0 Å². The standard InChI is InChI=1S/C4H9NS2.C3H9N/c1-3-5(2)4(6)7;1-3-4-2/h3H2,1-2H3,(H,6,7);4H,3H2,1-2H3. The summed E-state index contributed by atoms with van der Waals surface area (Å²) in [6.07, 6.45) is 0. The molecule has 0 radical (unpaired) electrons. The van der Waals surface area contributed by atoms with Gasteiger partial charge in [0, 0.05) is 13.6 Å². The minimum Gasteiger partial charge on any atom is -0.361 e. The zero-order valence-electron chi connectivity index (χ0n) is 7.72. The van der Waals surface area contributed by atoms with Gasteiger partial charge >= 0.3 is 0 Å². The fraction of sp³-hybridized carbons (Fsp3) is 0.857. The Kier molecular flexibility index (Phi) is 12.8. The van der Waals surface area contributed by atoms with Gasteiger partial charge in [-0.15, -0.1) is 12.6 Å². The van der Waals surface area contributed by atoms with E-state index in [-0.39, 0.29) is 0 Å². The molecule has 0 atom stereocenters. The fourth-order valence-corrected chi connectivity index (χ4v) is 0.406. The molecule has 11 heavy (non-hydrogen) atoms. The van der Waals surface area contributed by atoms with Gasteiger partial charge < -0.3 is 10.2 Å². The number of thiocarbonyl (C=S) groups is 1. The van der Waals surface area contributed by atoms with E-state index in [4.69, 9.17) is 12.2 Å². The van der Waals surface area contributed by atoms with E-state index in [1.54, 1.807) is 0 Å². The van der Waals surface area contributed by atoms with Gasteiger partial charge in [-0.3, -0.25) is 0 Å². The molecule has 0 saturated heterocycles. The molecule has 0 aliphatic carbocycles. The Morgan fingerprint density at radius 3 is 1.91 bits per heavy atom. The van der Waals surface area contributed by atoms with Gasteiger partial charge in [0.25, 0.3) is 0 Å². The molecule has 0 spiro atoms. The lowest BCUT2D eigenvalue weighted by atomic mass is 10.7. The van der Waals surface area contributed by atoms with Gasteiger partial charge in [0.05, 0.1) is 0 Å². The average molecular weight is 194 g/mol. The third-order valence-electron chi connectivity index (χ3n) is 1.15. The quantitative estimate of drug-likeness (QED) is 0.510. The van der Waals surface area contributed by atoms with Crippen LogP contribution in [0.5, 0.6) is 0 Å². The van der Waals surface area contributed by atoms with Crippen molar-refractivity contribution in [2.75, 3.05) is 27.2 Å². The van der Waals surface area contributed by atoms with E-state index in [2.05, 4.69) is 24.9 Å². The van der Waals surface area contributed by atoms with Crippen molar-refractivity contribution in [3.05, 3.63) is 0 Å². The zero-order valence-corrected chi connectivity index (χ0v) is 9.43. The molecule has 0 bridgehead atoms. The summed E-state index contributed by atoms with van der Waals surface area (Å²) in [5.74, 6) is 0. The first kappa shape index (κ1) is 13.8. The van der Waals surface area contributed by atoms with Crippen molar-refractivity contribution >= 4 is 29.2 Å². The third kappa shape index (κ3) is 13.2. The predicted molar refractivity (Wildman–Crippen MR) is 59.5 cm³/mol. The molecule has 0 aromatic heterocycles. The SMILES string of the molecule is CCN(C)C(=S)S.CCNC. The van der Waals surface area contributed by atoms with Gasteiger partial charge in [0.15, 0.2) is 0 Å². The molecular weight excluding hydrogens is 176 g/mol.